The molecule has 0 saturated carbocycles. The molecule has 0 radical (unpaired) electrons. The Balaban J connectivity index is 2.05. The number of amides is 1. The van der Waals surface area contributed by atoms with Gasteiger partial charge >= 0.3 is 5.97 Å². The maximum Gasteiger partial charge on any atom is 0.342 e. The quantitative estimate of drug-likeness (QED) is 0.633. The van der Waals surface area contributed by atoms with Gasteiger partial charge in [-0.25, -0.2) is 4.79 Å². The second-order valence-corrected chi connectivity index (χ2v) is 6.64. The number of methoxy groups -OCH3 is 3. The van der Waals surface area contributed by atoms with Crippen LogP contribution in [0.2, 0.25) is 0 Å². The largest absolute Gasteiger partial charge is 0.493 e. The van der Waals surface area contributed by atoms with Gasteiger partial charge in [0.15, 0.2) is 18.1 Å². The molecule has 7 nitrogen and oxygen atoms in total. The Morgan fingerprint density at radius 3 is 2.21 bits per heavy atom. The maximum absolute atomic E-state index is 12.5. The first kappa shape index (κ1) is 22.1. The summed E-state index contributed by atoms with van der Waals surface area (Å²) in [5.74, 6) is -0.102. The molecule has 2 rings (SSSR count). The van der Waals surface area contributed by atoms with Crippen molar-refractivity contribution in [3.63, 3.8) is 0 Å². The number of carbonyl (C=O) groups is 2. The molecule has 156 valence electrons. The summed E-state index contributed by atoms with van der Waals surface area (Å²) in [7, 11) is 6.02. The van der Waals surface area contributed by atoms with E-state index in [0.717, 1.165) is 16.7 Å². The topological polar surface area (TPSA) is 74.3 Å². The molecule has 2 aromatic rings. The minimum atomic E-state index is -0.684. The number of hydrogen-bond donors (Lipinski definition) is 0. The third-order valence-corrected chi connectivity index (χ3v) is 4.58. The lowest BCUT2D eigenvalue weighted by molar-refractivity contribution is -0.133. The predicted octanol–water partition coefficient (Wildman–Crippen LogP) is 3.14. The lowest BCUT2D eigenvalue weighted by Crippen LogP contribution is -2.31. The molecule has 0 aliphatic heterocycles. The molecule has 0 atom stereocenters. The molecule has 29 heavy (non-hydrogen) atoms. The Kier molecular flexibility index (Phi) is 7.47. The van der Waals surface area contributed by atoms with Crippen molar-refractivity contribution < 1.29 is 28.5 Å². The van der Waals surface area contributed by atoms with Gasteiger partial charge in [0.2, 0.25) is 5.75 Å². The Morgan fingerprint density at radius 2 is 1.62 bits per heavy atom. The number of benzene rings is 2. The van der Waals surface area contributed by atoms with Crippen LogP contribution in [0.4, 0.5) is 0 Å². The van der Waals surface area contributed by atoms with Crippen LogP contribution in [0.15, 0.2) is 30.3 Å². The molecular weight excluding hydrogens is 374 g/mol. The van der Waals surface area contributed by atoms with Crippen LogP contribution in [0.1, 0.15) is 27.0 Å². The smallest absolute Gasteiger partial charge is 0.342 e. The third-order valence-electron chi connectivity index (χ3n) is 4.58. The molecule has 2 aromatic carbocycles. The summed E-state index contributed by atoms with van der Waals surface area (Å²) in [4.78, 5) is 26.4. The second-order valence-electron chi connectivity index (χ2n) is 6.64. The minimum absolute atomic E-state index is 0.148. The van der Waals surface area contributed by atoms with Crippen LogP contribution in [0, 0.1) is 13.8 Å². The molecule has 1 amide bonds. The monoisotopic (exact) mass is 401 g/mol. The van der Waals surface area contributed by atoms with Gasteiger partial charge in [0.05, 0.1) is 21.3 Å². The molecule has 0 aromatic heterocycles. The van der Waals surface area contributed by atoms with Crippen LogP contribution in [-0.4, -0.2) is 51.8 Å². The van der Waals surface area contributed by atoms with Gasteiger partial charge in [0.25, 0.3) is 5.91 Å². The van der Waals surface area contributed by atoms with Crippen molar-refractivity contribution >= 4 is 11.9 Å². The highest BCUT2D eigenvalue weighted by Crippen LogP contribution is 2.39. The van der Waals surface area contributed by atoms with E-state index in [4.69, 9.17) is 18.9 Å². The summed E-state index contributed by atoms with van der Waals surface area (Å²) in [6, 6.07) is 9.15. The Hall–Kier alpha value is -3.22. The average Bonchev–Trinajstić information content (AvgIpc) is 2.72. The summed E-state index contributed by atoms with van der Waals surface area (Å²) in [5, 5.41) is 0. The van der Waals surface area contributed by atoms with Crippen molar-refractivity contribution in [2.45, 2.75) is 20.4 Å². The lowest BCUT2D eigenvalue weighted by Gasteiger charge is -2.19. The van der Waals surface area contributed by atoms with Crippen LogP contribution in [-0.2, 0) is 16.1 Å². The zero-order chi connectivity index (χ0) is 21.6. The molecule has 0 spiro atoms. The van der Waals surface area contributed by atoms with E-state index in [-0.39, 0.29) is 29.6 Å². The number of nitrogens with zero attached hydrogens (tertiary/aromatic N) is 1. The van der Waals surface area contributed by atoms with Crippen molar-refractivity contribution in [1.82, 2.24) is 4.90 Å². The van der Waals surface area contributed by atoms with Crippen LogP contribution < -0.4 is 14.2 Å². The molecule has 0 aliphatic rings. The average molecular weight is 401 g/mol. The van der Waals surface area contributed by atoms with E-state index in [0.29, 0.717) is 12.3 Å². The summed E-state index contributed by atoms with van der Waals surface area (Å²) in [6.45, 7) is 4.08. The molecule has 0 bridgehead atoms. The lowest BCUT2D eigenvalue weighted by atomic mass is 10.1. The number of hydrogen-bond acceptors (Lipinski definition) is 6. The number of likely N-dealkylation sites (N-methyl/N-ethyl adjacent to an activating group) is 1. The molecule has 0 heterocycles. The first-order valence-corrected chi connectivity index (χ1v) is 9.08. The van der Waals surface area contributed by atoms with Gasteiger partial charge in [-0.1, -0.05) is 23.8 Å². The predicted molar refractivity (Wildman–Crippen MR) is 109 cm³/mol. The highest BCUT2D eigenvalue weighted by Gasteiger charge is 2.23. The number of rotatable bonds is 8. The summed E-state index contributed by atoms with van der Waals surface area (Å²) in [5.41, 5.74) is 3.46. The van der Waals surface area contributed by atoms with Crippen molar-refractivity contribution in [2.75, 3.05) is 35.0 Å². The Morgan fingerprint density at radius 1 is 0.931 bits per heavy atom. The number of ether oxygens (including phenoxy) is 4. The fraction of sp³-hybridized carbons (Fsp3) is 0.364. The SMILES string of the molecule is COc1ccc(C(=O)OCC(=O)N(C)Cc2ccc(C)cc2C)c(OC)c1OC. The highest BCUT2D eigenvalue weighted by molar-refractivity contribution is 5.95. The molecule has 7 heteroatoms. The van der Waals surface area contributed by atoms with Gasteiger partial charge < -0.3 is 23.8 Å². The zero-order valence-electron chi connectivity index (χ0n) is 17.7. The molecule has 0 aliphatic carbocycles. The first-order valence-electron chi connectivity index (χ1n) is 9.08. The standard InChI is InChI=1S/C22H27NO6/c1-14-7-8-16(15(2)11-14)12-23(3)19(24)13-29-22(25)17-9-10-18(26-4)21(28-6)20(17)27-5/h7-11H,12-13H2,1-6H3. The number of carbonyl (C=O) groups excluding carboxylic acids is 2. The second kappa shape index (κ2) is 9.82. The van der Waals surface area contributed by atoms with Crippen LogP contribution in [0.25, 0.3) is 0 Å². The number of aryl methyl sites for hydroxylation is 2. The van der Waals surface area contributed by atoms with Crippen molar-refractivity contribution in [3.05, 3.63) is 52.6 Å². The van der Waals surface area contributed by atoms with Crippen molar-refractivity contribution in [2.24, 2.45) is 0 Å². The summed E-state index contributed by atoms with van der Waals surface area (Å²) >= 11 is 0. The summed E-state index contributed by atoms with van der Waals surface area (Å²) < 4.78 is 21.0. The highest BCUT2D eigenvalue weighted by atomic mass is 16.5. The third kappa shape index (κ3) is 5.19. The maximum atomic E-state index is 12.5. The van der Waals surface area contributed by atoms with E-state index in [9.17, 15) is 9.59 Å². The molecule has 0 N–H and O–H groups in total. The van der Waals surface area contributed by atoms with Crippen molar-refractivity contribution in [1.29, 1.82) is 0 Å². The van der Waals surface area contributed by atoms with Gasteiger partial charge in [-0.15, -0.1) is 0 Å². The molecule has 0 unspecified atom stereocenters. The van der Waals surface area contributed by atoms with E-state index in [2.05, 4.69) is 6.07 Å². The van der Waals surface area contributed by atoms with Gasteiger partial charge in [-0.05, 0) is 37.1 Å². The van der Waals surface area contributed by atoms with Gasteiger partial charge in [0.1, 0.15) is 5.56 Å². The fourth-order valence-electron chi connectivity index (χ4n) is 2.94. The van der Waals surface area contributed by atoms with Gasteiger partial charge in [-0.3, -0.25) is 4.79 Å². The molecular formula is C22H27NO6. The van der Waals surface area contributed by atoms with Gasteiger partial charge in [-0.2, -0.15) is 0 Å². The Labute approximate surface area is 171 Å². The molecule has 0 fully saturated rings. The van der Waals surface area contributed by atoms with Crippen LogP contribution >= 0.6 is 0 Å². The van der Waals surface area contributed by atoms with E-state index in [1.807, 2.05) is 26.0 Å². The first-order chi connectivity index (χ1) is 13.8. The van der Waals surface area contributed by atoms with E-state index >= 15 is 0 Å². The van der Waals surface area contributed by atoms with E-state index < -0.39 is 5.97 Å². The Bertz CT molecular complexity index is 893. The normalized spacial score (nSPS) is 10.3. The zero-order valence-corrected chi connectivity index (χ0v) is 17.7. The summed E-state index contributed by atoms with van der Waals surface area (Å²) in [6.07, 6.45) is 0. The fourth-order valence-corrected chi connectivity index (χ4v) is 2.94. The minimum Gasteiger partial charge on any atom is -0.493 e. The van der Waals surface area contributed by atoms with Crippen LogP contribution in [0.5, 0.6) is 17.2 Å². The van der Waals surface area contributed by atoms with Gasteiger partial charge in [0, 0.05) is 13.6 Å². The number of esters is 1. The van der Waals surface area contributed by atoms with E-state index in [1.54, 1.807) is 13.1 Å². The van der Waals surface area contributed by atoms with E-state index in [1.165, 1.54) is 32.3 Å². The van der Waals surface area contributed by atoms with Crippen LogP contribution in [0.3, 0.4) is 0 Å². The van der Waals surface area contributed by atoms with Crippen molar-refractivity contribution in [3.8, 4) is 17.2 Å². The molecule has 0 saturated heterocycles.